The lowest BCUT2D eigenvalue weighted by atomic mass is 9.75. The second kappa shape index (κ2) is 4.91. The van der Waals surface area contributed by atoms with Crippen LogP contribution in [0.15, 0.2) is 24.3 Å². The lowest BCUT2D eigenvalue weighted by Gasteiger charge is -2.32. The zero-order valence-corrected chi connectivity index (χ0v) is 12.4. The largest absolute Gasteiger partial charge is 0.458 e. The average molecular weight is 264 g/mol. The Balaban J connectivity index is 2.06. The third-order valence-corrected chi connectivity index (χ3v) is 4.28. The van der Waals surface area contributed by atoms with Gasteiger partial charge in [0, 0.05) is 0 Å². The van der Waals surface area contributed by atoms with Crippen LogP contribution in [0.3, 0.4) is 0 Å². The monoisotopic (exact) mass is 264 g/mol. The van der Waals surface area contributed by atoms with Gasteiger partial charge in [-0.2, -0.15) is 0 Å². The Morgan fingerprint density at radius 1 is 1.11 bits per heavy atom. The summed E-state index contributed by atoms with van der Waals surface area (Å²) in [4.78, 5) is 0. The highest BCUT2D eigenvalue weighted by molar-refractivity contribution is 6.45. The van der Waals surface area contributed by atoms with Crippen LogP contribution in [0.1, 0.15) is 46.1 Å². The summed E-state index contributed by atoms with van der Waals surface area (Å²) in [5.74, 6) is -0.0950. The van der Waals surface area contributed by atoms with Gasteiger partial charge in [-0.15, -0.1) is 0 Å². The summed E-state index contributed by atoms with van der Waals surface area (Å²) in [5.41, 5.74) is 0.0661. The molecule has 1 aliphatic heterocycles. The maximum Gasteiger partial charge on any atom is 0.458 e. The fourth-order valence-electron chi connectivity index (χ4n) is 2.35. The van der Waals surface area contributed by atoms with Crippen molar-refractivity contribution in [1.82, 2.24) is 0 Å². The van der Waals surface area contributed by atoms with Crippen LogP contribution in [0.2, 0.25) is 6.32 Å². The minimum atomic E-state index is -0.327. The van der Waals surface area contributed by atoms with Crippen LogP contribution in [0.4, 0.5) is 4.39 Å². The van der Waals surface area contributed by atoms with E-state index in [4.69, 9.17) is 9.31 Å². The number of benzene rings is 1. The second-order valence-electron chi connectivity index (χ2n) is 6.34. The normalized spacial score (nSPS) is 22.5. The minimum absolute atomic E-state index is 0.0656. The fraction of sp³-hybridized carbons (Fsp3) is 0.600. The Labute approximate surface area is 115 Å². The first-order valence-electron chi connectivity index (χ1n) is 6.83. The second-order valence-corrected chi connectivity index (χ2v) is 6.34. The van der Waals surface area contributed by atoms with Crippen LogP contribution < -0.4 is 0 Å². The van der Waals surface area contributed by atoms with Crippen molar-refractivity contribution in [1.29, 1.82) is 0 Å². The van der Waals surface area contributed by atoms with Gasteiger partial charge in [-0.25, -0.2) is 4.39 Å². The molecule has 0 aromatic heterocycles. The van der Waals surface area contributed by atoms with Crippen LogP contribution in [0.25, 0.3) is 0 Å². The van der Waals surface area contributed by atoms with E-state index in [0.717, 1.165) is 5.56 Å². The molecule has 0 N–H and O–H groups in total. The molecule has 4 heteroatoms. The van der Waals surface area contributed by atoms with Gasteiger partial charge in [0.15, 0.2) is 0 Å². The highest BCUT2D eigenvalue weighted by Crippen LogP contribution is 2.39. The summed E-state index contributed by atoms with van der Waals surface area (Å²) in [5, 5.41) is 0. The summed E-state index contributed by atoms with van der Waals surface area (Å²) in [7, 11) is -0.278. The van der Waals surface area contributed by atoms with Crippen molar-refractivity contribution in [3.05, 3.63) is 35.6 Å². The number of hydrogen-bond acceptors (Lipinski definition) is 2. The molecule has 1 atom stereocenters. The number of rotatable bonds is 3. The van der Waals surface area contributed by atoms with Crippen molar-refractivity contribution in [2.75, 3.05) is 0 Å². The SMILES string of the molecule is CC(CB1OC(C)(C)C(C)(C)O1)c1ccccc1F. The lowest BCUT2D eigenvalue weighted by Crippen LogP contribution is -2.41. The van der Waals surface area contributed by atoms with Crippen LogP contribution in [0, 0.1) is 5.82 Å². The van der Waals surface area contributed by atoms with Crippen molar-refractivity contribution >= 4 is 7.12 Å². The topological polar surface area (TPSA) is 18.5 Å². The van der Waals surface area contributed by atoms with Crippen LogP contribution >= 0.6 is 0 Å². The molecule has 1 saturated heterocycles. The van der Waals surface area contributed by atoms with Crippen LogP contribution in [-0.2, 0) is 9.31 Å². The molecule has 1 aromatic carbocycles. The zero-order valence-electron chi connectivity index (χ0n) is 12.4. The van der Waals surface area contributed by atoms with Crippen molar-refractivity contribution < 1.29 is 13.7 Å². The third kappa shape index (κ3) is 2.85. The Hall–Kier alpha value is -0.865. The summed E-state index contributed by atoms with van der Waals surface area (Å²) >= 11 is 0. The van der Waals surface area contributed by atoms with E-state index in [2.05, 4.69) is 0 Å². The molecule has 0 saturated carbocycles. The van der Waals surface area contributed by atoms with E-state index in [9.17, 15) is 4.39 Å². The first kappa shape index (κ1) is 14.5. The quantitative estimate of drug-likeness (QED) is 0.767. The van der Waals surface area contributed by atoms with E-state index in [-0.39, 0.29) is 30.1 Å². The van der Waals surface area contributed by atoms with E-state index >= 15 is 0 Å². The molecule has 0 radical (unpaired) electrons. The number of hydrogen-bond donors (Lipinski definition) is 0. The summed E-state index contributed by atoms with van der Waals surface area (Å²) in [6.45, 7) is 10.1. The van der Waals surface area contributed by atoms with Gasteiger partial charge in [0.25, 0.3) is 0 Å². The maximum atomic E-state index is 13.7. The van der Waals surface area contributed by atoms with Gasteiger partial charge >= 0.3 is 7.12 Å². The first-order valence-corrected chi connectivity index (χ1v) is 6.83. The molecule has 0 spiro atoms. The summed E-state index contributed by atoms with van der Waals surface area (Å²) in [6.07, 6.45) is 0.661. The van der Waals surface area contributed by atoms with Gasteiger partial charge < -0.3 is 9.31 Å². The maximum absolute atomic E-state index is 13.7. The molecule has 1 aromatic rings. The summed E-state index contributed by atoms with van der Waals surface area (Å²) in [6, 6.07) is 6.89. The third-order valence-electron chi connectivity index (χ3n) is 4.28. The predicted octanol–water partition coefficient (Wildman–Crippen LogP) is 4.02. The molecule has 104 valence electrons. The standard InChI is InChI=1S/C15H22BFO2/c1-11(12-8-6-7-9-13(12)17)10-16-18-14(2,3)15(4,5)19-16/h6-9,11H,10H2,1-5H3. The molecular formula is C15H22BFO2. The van der Waals surface area contributed by atoms with E-state index in [1.807, 2.05) is 46.8 Å². The average Bonchev–Trinajstić information content (AvgIpc) is 2.47. The summed E-state index contributed by atoms with van der Waals surface area (Å²) < 4.78 is 25.6. The Kier molecular flexibility index (Phi) is 3.76. The Morgan fingerprint density at radius 3 is 2.16 bits per heavy atom. The van der Waals surface area contributed by atoms with Gasteiger partial charge in [-0.3, -0.25) is 0 Å². The molecule has 1 aliphatic rings. The van der Waals surface area contributed by atoms with E-state index in [1.165, 1.54) is 6.07 Å². The van der Waals surface area contributed by atoms with Crippen molar-refractivity contribution in [2.24, 2.45) is 0 Å². The number of halogens is 1. The van der Waals surface area contributed by atoms with Crippen molar-refractivity contribution in [3.63, 3.8) is 0 Å². The van der Waals surface area contributed by atoms with Crippen LogP contribution in [0.5, 0.6) is 0 Å². The molecule has 19 heavy (non-hydrogen) atoms. The van der Waals surface area contributed by atoms with Crippen molar-refractivity contribution in [2.45, 2.75) is 58.1 Å². The molecule has 0 bridgehead atoms. The predicted molar refractivity (Wildman–Crippen MR) is 75.7 cm³/mol. The molecular weight excluding hydrogens is 242 g/mol. The Bertz CT molecular complexity index is 443. The van der Waals surface area contributed by atoms with Crippen LogP contribution in [-0.4, -0.2) is 18.3 Å². The highest BCUT2D eigenvalue weighted by atomic mass is 19.1. The van der Waals surface area contributed by atoms with Gasteiger partial charge in [-0.05, 0) is 51.6 Å². The molecule has 0 aliphatic carbocycles. The van der Waals surface area contributed by atoms with Gasteiger partial charge in [0.05, 0.1) is 11.2 Å². The van der Waals surface area contributed by atoms with Crippen molar-refractivity contribution in [3.8, 4) is 0 Å². The smallest absolute Gasteiger partial charge is 0.403 e. The van der Waals surface area contributed by atoms with E-state index in [0.29, 0.717) is 6.32 Å². The molecule has 1 fully saturated rings. The molecule has 2 nitrogen and oxygen atoms in total. The highest BCUT2D eigenvalue weighted by Gasteiger charge is 2.51. The Morgan fingerprint density at radius 2 is 1.63 bits per heavy atom. The minimum Gasteiger partial charge on any atom is -0.403 e. The van der Waals surface area contributed by atoms with E-state index in [1.54, 1.807) is 6.07 Å². The van der Waals surface area contributed by atoms with Gasteiger partial charge in [0.2, 0.25) is 0 Å². The van der Waals surface area contributed by atoms with Gasteiger partial charge in [-0.1, -0.05) is 25.1 Å². The lowest BCUT2D eigenvalue weighted by molar-refractivity contribution is 0.00578. The molecule has 1 unspecified atom stereocenters. The first-order chi connectivity index (χ1) is 8.73. The zero-order chi connectivity index (χ0) is 14.3. The fourth-order valence-corrected chi connectivity index (χ4v) is 2.35. The van der Waals surface area contributed by atoms with Gasteiger partial charge in [0.1, 0.15) is 5.82 Å². The molecule has 0 amide bonds. The molecule has 1 heterocycles. The molecule has 2 rings (SSSR count). The van der Waals surface area contributed by atoms with E-state index < -0.39 is 0 Å².